The zero-order valence-corrected chi connectivity index (χ0v) is 11.0. The van der Waals surface area contributed by atoms with Gasteiger partial charge in [-0.05, 0) is 18.6 Å². The number of anilines is 2. The van der Waals surface area contributed by atoms with Gasteiger partial charge in [-0.1, -0.05) is 11.6 Å². The number of nitrogens with zero attached hydrogens (tertiary/aromatic N) is 1. The lowest BCUT2D eigenvalue weighted by atomic mass is 10.1. The second-order valence-corrected chi connectivity index (χ2v) is 4.80. The van der Waals surface area contributed by atoms with Gasteiger partial charge in [0.15, 0.2) is 0 Å². The van der Waals surface area contributed by atoms with Crippen molar-refractivity contribution in [2.45, 2.75) is 6.42 Å². The maximum Gasteiger partial charge on any atom is 0.250 e. The Kier molecular flexibility index (Phi) is 3.80. The molecule has 2 amide bonds. The summed E-state index contributed by atoms with van der Waals surface area (Å²) in [6.07, 6.45) is 0.768. The van der Waals surface area contributed by atoms with Crippen LogP contribution in [-0.2, 0) is 4.79 Å². The number of benzene rings is 1. The van der Waals surface area contributed by atoms with Gasteiger partial charge in [0, 0.05) is 18.8 Å². The molecule has 6 nitrogen and oxygen atoms in total. The largest absolute Gasteiger partial charge is 0.399 e. The van der Waals surface area contributed by atoms with Crippen LogP contribution in [0.15, 0.2) is 12.1 Å². The number of hydrogen-bond acceptors (Lipinski definition) is 4. The van der Waals surface area contributed by atoms with E-state index in [1.54, 1.807) is 11.0 Å². The van der Waals surface area contributed by atoms with Crippen LogP contribution < -0.4 is 21.7 Å². The van der Waals surface area contributed by atoms with Crippen LogP contribution in [0.4, 0.5) is 11.4 Å². The van der Waals surface area contributed by atoms with Gasteiger partial charge in [0.05, 0.1) is 22.8 Å². The molecule has 102 valence electrons. The van der Waals surface area contributed by atoms with Crippen LogP contribution in [0.1, 0.15) is 16.8 Å². The van der Waals surface area contributed by atoms with E-state index in [2.05, 4.69) is 5.32 Å². The van der Waals surface area contributed by atoms with E-state index in [9.17, 15) is 9.59 Å². The van der Waals surface area contributed by atoms with E-state index in [4.69, 9.17) is 23.1 Å². The van der Waals surface area contributed by atoms with Crippen molar-refractivity contribution in [3.05, 3.63) is 22.7 Å². The summed E-state index contributed by atoms with van der Waals surface area (Å²) in [5.74, 6) is -0.727. The number of nitrogens with two attached hydrogens (primary N) is 2. The van der Waals surface area contributed by atoms with E-state index in [1.807, 2.05) is 0 Å². The summed E-state index contributed by atoms with van der Waals surface area (Å²) in [6.45, 7) is 1.36. The zero-order valence-electron chi connectivity index (χ0n) is 10.3. The normalized spacial score (nSPS) is 15.8. The maximum atomic E-state index is 11.6. The van der Waals surface area contributed by atoms with Crippen LogP contribution in [0.5, 0.6) is 0 Å². The Morgan fingerprint density at radius 2 is 2.16 bits per heavy atom. The monoisotopic (exact) mass is 282 g/mol. The van der Waals surface area contributed by atoms with Gasteiger partial charge in [-0.3, -0.25) is 9.59 Å². The predicted molar refractivity (Wildman–Crippen MR) is 74.2 cm³/mol. The molecular formula is C12H15ClN4O2. The lowest BCUT2D eigenvalue weighted by Crippen LogP contribution is -2.34. The lowest BCUT2D eigenvalue weighted by molar-refractivity contribution is -0.119. The van der Waals surface area contributed by atoms with Crippen molar-refractivity contribution >= 4 is 34.8 Å². The van der Waals surface area contributed by atoms with Crippen molar-refractivity contribution in [3.8, 4) is 0 Å². The Morgan fingerprint density at radius 3 is 2.84 bits per heavy atom. The van der Waals surface area contributed by atoms with E-state index in [-0.39, 0.29) is 18.0 Å². The number of nitrogen functional groups attached to an aromatic ring is 1. The van der Waals surface area contributed by atoms with Gasteiger partial charge in [0.25, 0.3) is 5.91 Å². The summed E-state index contributed by atoms with van der Waals surface area (Å²) in [7, 11) is 0. The molecule has 1 fully saturated rings. The first kappa shape index (κ1) is 13.5. The van der Waals surface area contributed by atoms with Gasteiger partial charge >= 0.3 is 0 Å². The zero-order chi connectivity index (χ0) is 14.0. The molecule has 5 N–H and O–H groups in total. The highest BCUT2D eigenvalue weighted by Crippen LogP contribution is 2.32. The molecule has 0 bridgehead atoms. The van der Waals surface area contributed by atoms with Gasteiger partial charge < -0.3 is 21.7 Å². The molecule has 1 aliphatic rings. The number of carbonyl (C=O) groups excluding carboxylic acids is 2. The van der Waals surface area contributed by atoms with Crippen LogP contribution in [0, 0.1) is 0 Å². The Morgan fingerprint density at radius 1 is 1.42 bits per heavy atom. The SMILES string of the molecule is NC(=O)c1cc(N)cc(Cl)c1N1CCCNC(=O)C1. The number of halogens is 1. The Labute approximate surface area is 115 Å². The lowest BCUT2D eigenvalue weighted by Gasteiger charge is -2.25. The van der Waals surface area contributed by atoms with Gasteiger partial charge in [-0.15, -0.1) is 0 Å². The number of rotatable bonds is 2. The molecule has 1 aromatic rings. The molecule has 0 radical (unpaired) electrons. The summed E-state index contributed by atoms with van der Waals surface area (Å²) in [4.78, 5) is 24.9. The quantitative estimate of drug-likeness (QED) is 0.681. The number of nitrogens with one attached hydrogen (secondary N) is 1. The molecule has 1 saturated heterocycles. The standard InChI is InChI=1S/C12H15ClN4O2/c13-9-5-7(14)4-8(12(15)19)11(9)17-3-1-2-16-10(18)6-17/h4-5H,1-3,6,14H2,(H2,15,19)(H,16,18). The molecule has 0 atom stereocenters. The predicted octanol–water partition coefficient (Wildman–Crippen LogP) is 0.347. The fourth-order valence-corrected chi connectivity index (χ4v) is 2.47. The summed E-state index contributed by atoms with van der Waals surface area (Å²) in [6, 6.07) is 3.03. The average molecular weight is 283 g/mol. The van der Waals surface area contributed by atoms with Gasteiger partial charge in [0.2, 0.25) is 5.91 Å². The molecule has 0 unspecified atom stereocenters. The second kappa shape index (κ2) is 5.36. The molecule has 2 rings (SSSR count). The van der Waals surface area contributed by atoms with Crippen LogP contribution in [-0.4, -0.2) is 31.4 Å². The van der Waals surface area contributed by atoms with E-state index in [0.29, 0.717) is 29.5 Å². The van der Waals surface area contributed by atoms with Crippen molar-refractivity contribution < 1.29 is 9.59 Å². The fourth-order valence-electron chi connectivity index (χ4n) is 2.13. The number of primary amides is 1. The van der Waals surface area contributed by atoms with Crippen LogP contribution in [0.2, 0.25) is 5.02 Å². The molecular weight excluding hydrogens is 268 g/mol. The van der Waals surface area contributed by atoms with Crippen molar-refractivity contribution in [2.24, 2.45) is 5.73 Å². The van der Waals surface area contributed by atoms with E-state index >= 15 is 0 Å². The van der Waals surface area contributed by atoms with Gasteiger partial charge in [0.1, 0.15) is 0 Å². The third kappa shape index (κ3) is 2.90. The topological polar surface area (TPSA) is 101 Å². The van der Waals surface area contributed by atoms with Crippen LogP contribution in [0.25, 0.3) is 0 Å². The van der Waals surface area contributed by atoms with Crippen molar-refractivity contribution in [3.63, 3.8) is 0 Å². The van der Waals surface area contributed by atoms with Gasteiger partial charge in [-0.2, -0.15) is 0 Å². The van der Waals surface area contributed by atoms with Crippen molar-refractivity contribution in [1.29, 1.82) is 0 Å². The third-order valence-electron chi connectivity index (χ3n) is 2.93. The molecule has 1 aromatic carbocycles. The Balaban J connectivity index is 2.47. The molecule has 0 aliphatic carbocycles. The molecule has 0 saturated carbocycles. The van der Waals surface area contributed by atoms with Crippen LogP contribution >= 0.6 is 11.6 Å². The highest BCUT2D eigenvalue weighted by molar-refractivity contribution is 6.34. The smallest absolute Gasteiger partial charge is 0.250 e. The Hall–Kier alpha value is -1.95. The van der Waals surface area contributed by atoms with Crippen LogP contribution in [0.3, 0.4) is 0 Å². The van der Waals surface area contributed by atoms with Crippen molar-refractivity contribution in [1.82, 2.24) is 5.32 Å². The highest BCUT2D eigenvalue weighted by atomic mass is 35.5. The van der Waals surface area contributed by atoms with E-state index in [0.717, 1.165) is 6.42 Å². The maximum absolute atomic E-state index is 11.6. The second-order valence-electron chi connectivity index (χ2n) is 4.39. The summed E-state index contributed by atoms with van der Waals surface area (Å²) in [5, 5.41) is 3.08. The number of hydrogen-bond donors (Lipinski definition) is 3. The minimum absolute atomic E-state index is 0.110. The molecule has 0 aromatic heterocycles. The first-order valence-electron chi connectivity index (χ1n) is 5.89. The summed E-state index contributed by atoms with van der Waals surface area (Å²) >= 11 is 6.15. The fraction of sp³-hybridized carbons (Fsp3) is 0.333. The molecule has 7 heteroatoms. The van der Waals surface area contributed by atoms with E-state index in [1.165, 1.54) is 6.07 Å². The minimum atomic E-state index is -0.617. The Bertz CT molecular complexity index is 533. The minimum Gasteiger partial charge on any atom is -0.399 e. The third-order valence-corrected chi connectivity index (χ3v) is 3.22. The molecule has 1 heterocycles. The van der Waals surface area contributed by atoms with Gasteiger partial charge in [-0.25, -0.2) is 0 Å². The number of amides is 2. The molecule has 19 heavy (non-hydrogen) atoms. The summed E-state index contributed by atoms with van der Waals surface area (Å²) < 4.78 is 0. The van der Waals surface area contributed by atoms with E-state index < -0.39 is 5.91 Å². The first-order valence-corrected chi connectivity index (χ1v) is 6.27. The molecule has 0 spiro atoms. The first-order chi connectivity index (χ1) is 8.99. The highest BCUT2D eigenvalue weighted by Gasteiger charge is 2.22. The number of carbonyl (C=O) groups is 2. The van der Waals surface area contributed by atoms with Crippen molar-refractivity contribution in [2.75, 3.05) is 30.3 Å². The molecule has 1 aliphatic heterocycles. The summed E-state index contributed by atoms with van der Waals surface area (Å²) in [5.41, 5.74) is 12.1. The average Bonchev–Trinajstić information content (AvgIpc) is 2.52.